The van der Waals surface area contributed by atoms with E-state index < -0.39 is 5.97 Å². The van der Waals surface area contributed by atoms with Gasteiger partial charge < -0.3 is 9.84 Å². The van der Waals surface area contributed by atoms with Gasteiger partial charge in [-0.3, -0.25) is 9.59 Å². The molecule has 0 heterocycles. The monoisotopic (exact) mass is 444 g/mol. The zero-order valence-electron chi connectivity index (χ0n) is 21.1. The smallest absolute Gasteiger partial charge is 0.303 e. The van der Waals surface area contributed by atoms with Crippen molar-refractivity contribution in [3.8, 4) is 0 Å². The lowest BCUT2D eigenvalue weighted by atomic mass is 9.41. The largest absolute Gasteiger partial charge is 0.481 e. The minimum atomic E-state index is -0.643. The molecule has 1 N–H and O–H groups in total. The van der Waals surface area contributed by atoms with E-state index >= 15 is 0 Å². The molecule has 0 amide bonds. The molecule has 9 atom stereocenters. The molecule has 0 aromatic rings. The van der Waals surface area contributed by atoms with Crippen LogP contribution in [0.5, 0.6) is 0 Å². The van der Waals surface area contributed by atoms with Crippen LogP contribution >= 0.6 is 0 Å². The van der Waals surface area contributed by atoms with Crippen molar-refractivity contribution >= 4 is 11.9 Å². The molecule has 180 valence electrons. The standard InChI is InChI=1S/C28H44O4/c1-17(15-23(30)31)19-9-11-26(6)21-8-7-20-24(3,4)22(32-18(2)29)10-12-27(20)16-28(21,27)14-13-25(19,26)5/h17,19-22H,7-16H2,1-6H3,(H,30,31)/t17-,19?,20?,21?,22+,25?,26+,27-,28+/m1/s1. The highest BCUT2D eigenvalue weighted by molar-refractivity contribution is 5.67. The van der Waals surface area contributed by atoms with Crippen molar-refractivity contribution < 1.29 is 19.4 Å². The van der Waals surface area contributed by atoms with Crippen molar-refractivity contribution in [1.82, 2.24) is 0 Å². The minimum Gasteiger partial charge on any atom is -0.481 e. The van der Waals surface area contributed by atoms with Crippen LogP contribution in [0.1, 0.15) is 106 Å². The number of hydrogen-bond donors (Lipinski definition) is 1. The van der Waals surface area contributed by atoms with Crippen LogP contribution in [0.4, 0.5) is 0 Å². The number of ether oxygens (including phenoxy) is 1. The first kappa shape index (κ1) is 22.7. The summed E-state index contributed by atoms with van der Waals surface area (Å²) in [5.74, 6) is 1.44. The van der Waals surface area contributed by atoms with Gasteiger partial charge in [-0.1, -0.05) is 34.6 Å². The van der Waals surface area contributed by atoms with Gasteiger partial charge in [0.2, 0.25) is 0 Å². The Labute approximate surface area is 194 Å². The Bertz CT molecular complexity index is 833. The fourth-order valence-electron chi connectivity index (χ4n) is 11.1. The van der Waals surface area contributed by atoms with Gasteiger partial charge in [-0.15, -0.1) is 0 Å². The van der Waals surface area contributed by atoms with Crippen molar-refractivity contribution in [3.63, 3.8) is 0 Å². The molecule has 4 nitrogen and oxygen atoms in total. The Balaban J connectivity index is 1.44. The van der Waals surface area contributed by atoms with E-state index in [9.17, 15) is 14.7 Å². The maximum atomic E-state index is 11.8. The predicted molar refractivity (Wildman–Crippen MR) is 124 cm³/mol. The van der Waals surface area contributed by atoms with Crippen molar-refractivity contribution in [2.75, 3.05) is 0 Å². The molecular formula is C28H44O4. The van der Waals surface area contributed by atoms with Crippen LogP contribution in [0.2, 0.25) is 0 Å². The number of aliphatic carboxylic acids is 1. The molecule has 4 unspecified atom stereocenters. The summed E-state index contributed by atoms with van der Waals surface area (Å²) in [6.45, 7) is 13.6. The first-order valence-corrected chi connectivity index (χ1v) is 13.2. The Hall–Kier alpha value is -1.06. The van der Waals surface area contributed by atoms with Gasteiger partial charge in [0.05, 0.1) is 0 Å². The molecule has 0 bridgehead atoms. The second kappa shape index (κ2) is 6.75. The van der Waals surface area contributed by atoms with Crippen LogP contribution < -0.4 is 0 Å². The Morgan fingerprint density at radius 3 is 2.22 bits per heavy atom. The van der Waals surface area contributed by atoms with E-state index in [1.54, 1.807) is 6.92 Å². The van der Waals surface area contributed by atoms with E-state index in [4.69, 9.17) is 4.74 Å². The van der Waals surface area contributed by atoms with Gasteiger partial charge in [-0.05, 0) is 103 Å². The summed E-state index contributed by atoms with van der Waals surface area (Å²) in [6.07, 6.45) is 11.6. The fraction of sp³-hybridized carbons (Fsp3) is 0.929. The second-order valence-corrected chi connectivity index (χ2v) is 13.7. The number of carbonyl (C=O) groups excluding carboxylic acids is 1. The molecule has 5 aliphatic rings. The molecule has 2 spiro atoms. The average Bonchev–Trinajstić information content (AvgIpc) is 3.26. The SMILES string of the molecule is CC(=O)O[C@H]1CC[C@]23C[C@]24CCC2(C)C([C@H](C)CC(=O)O)CC[C@@]2(C)C4CCC3C1(C)C. The topological polar surface area (TPSA) is 63.6 Å². The summed E-state index contributed by atoms with van der Waals surface area (Å²) in [5, 5.41) is 9.45. The fourth-order valence-corrected chi connectivity index (χ4v) is 11.1. The molecule has 5 saturated carbocycles. The molecule has 0 aliphatic heterocycles. The summed E-state index contributed by atoms with van der Waals surface area (Å²) in [4.78, 5) is 23.2. The van der Waals surface area contributed by atoms with Crippen molar-refractivity contribution in [2.24, 2.45) is 50.7 Å². The van der Waals surface area contributed by atoms with Crippen LogP contribution in [0.15, 0.2) is 0 Å². The predicted octanol–water partition coefficient (Wildman–Crippen LogP) is 6.47. The third-order valence-corrected chi connectivity index (χ3v) is 12.6. The highest BCUT2D eigenvalue weighted by Gasteiger charge is 2.82. The van der Waals surface area contributed by atoms with Gasteiger partial charge in [0.15, 0.2) is 0 Å². The van der Waals surface area contributed by atoms with Crippen LogP contribution in [0.25, 0.3) is 0 Å². The van der Waals surface area contributed by atoms with Gasteiger partial charge in [-0.25, -0.2) is 0 Å². The normalized spacial score (nSPS) is 51.4. The minimum absolute atomic E-state index is 0.0499. The van der Waals surface area contributed by atoms with Crippen LogP contribution in [0.3, 0.4) is 0 Å². The number of fused-ring (bicyclic) bond motifs is 2. The van der Waals surface area contributed by atoms with Gasteiger partial charge >= 0.3 is 11.9 Å². The Morgan fingerprint density at radius 2 is 1.56 bits per heavy atom. The summed E-state index contributed by atoms with van der Waals surface area (Å²) >= 11 is 0. The van der Waals surface area contributed by atoms with Gasteiger partial charge in [0.1, 0.15) is 6.10 Å². The first-order chi connectivity index (χ1) is 14.8. The molecule has 4 heteroatoms. The zero-order valence-corrected chi connectivity index (χ0v) is 21.1. The molecular weight excluding hydrogens is 400 g/mol. The molecule has 0 saturated heterocycles. The summed E-state index contributed by atoms with van der Waals surface area (Å²) in [5.41, 5.74) is 1.57. The van der Waals surface area contributed by atoms with Crippen LogP contribution in [-0.2, 0) is 14.3 Å². The average molecular weight is 445 g/mol. The number of carboxylic acid groups (broad SMARTS) is 1. The maximum absolute atomic E-state index is 11.8. The van der Waals surface area contributed by atoms with E-state index in [1.165, 1.54) is 51.4 Å². The van der Waals surface area contributed by atoms with Crippen molar-refractivity contribution in [2.45, 2.75) is 112 Å². The van der Waals surface area contributed by atoms with E-state index in [0.29, 0.717) is 34.5 Å². The molecule has 32 heavy (non-hydrogen) atoms. The number of hydrogen-bond acceptors (Lipinski definition) is 3. The Kier molecular flexibility index (Phi) is 4.79. The van der Waals surface area contributed by atoms with E-state index in [0.717, 1.165) is 12.3 Å². The number of rotatable bonds is 4. The summed E-state index contributed by atoms with van der Waals surface area (Å²) in [7, 11) is 0. The number of carboxylic acids is 1. The Morgan fingerprint density at radius 1 is 0.906 bits per heavy atom. The summed E-state index contributed by atoms with van der Waals surface area (Å²) < 4.78 is 5.84. The van der Waals surface area contributed by atoms with Crippen molar-refractivity contribution in [3.05, 3.63) is 0 Å². The number of carbonyl (C=O) groups is 2. The van der Waals surface area contributed by atoms with Crippen molar-refractivity contribution in [1.29, 1.82) is 0 Å². The molecule has 5 fully saturated rings. The van der Waals surface area contributed by atoms with E-state index in [2.05, 4.69) is 34.6 Å². The van der Waals surface area contributed by atoms with E-state index in [1.807, 2.05) is 0 Å². The molecule has 0 aromatic carbocycles. The highest BCUT2D eigenvalue weighted by Crippen LogP contribution is 2.89. The lowest BCUT2D eigenvalue weighted by Gasteiger charge is -2.63. The zero-order chi connectivity index (χ0) is 23.3. The number of esters is 1. The highest BCUT2D eigenvalue weighted by atomic mass is 16.5. The lowest BCUT2D eigenvalue weighted by Crippen LogP contribution is -2.58. The first-order valence-electron chi connectivity index (χ1n) is 13.2. The summed E-state index contributed by atoms with van der Waals surface area (Å²) in [6, 6.07) is 0. The quantitative estimate of drug-likeness (QED) is 0.505. The molecule has 0 aromatic heterocycles. The second-order valence-electron chi connectivity index (χ2n) is 13.7. The van der Waals surface area contributed by atoms with Crippen LogP contribution in [-0.4, -0.2) is 23.1 Å². The molecule has 0 radical (unpaired) electrons. The lowest BCUT2D eigenvalue weighted by molar-refractivity contribution is -0.181. The van der Waals surface area contributed by atoms with Gasteiger partial charge in [0, 0.05) is 18.8 Å². The third kappa shape index (κ3) is 2.62. The van der Waals surface area contributed by atoms with E-state index in [-0.39, 0.29) is 28.8 Å². The third-order valence-electron chi connectivity index (χ3n) is 12.6. The molecule has 5 rings (SSSR count). The maximum Gasteiger partial charge on any atom is 0.303 e. The molecule has 5 aliphatic carbocycles. The van der Waals surface area contributed by atoms with Gasteiger partial charge in [-0.2, -0.15) is 0 Å². The van der Waals surface area contributed by atoms with Crippen LogP contribution in [0, 0.1) is 50.7 Å². The van der Waals surface area contributed by atoms with Gasteiger partial charge in [0.25, 0.3) is 0 Å².